The number of rotatable bonds is 4. The fraction of sp³-hybridized carbons (Fsp3) is 0.0182. The molecule has 0 N–H and O–H groups in total. The van der Waals surface area contributed by atoms with Crippen molar-refractivity contribution in [2.24, 2.45) is 0 Å². The van der Waals surface area contributed by atoms with Gasteiger partial charge in [-0.2, -0.15) is 0 Å². The highest BCUT2D eigenvalue weighted by molar-refractivity contribution is 6.10. The molecule has 0 atom stereocenters. The summed E-state index contributed by atoms with van der Waals surface area (Å²) >= 11 is 0. The van der Waals surface area contributed by atoms with Gasteiger partial charge >= 0.3 is 0 Å². The van der Waals surface area contributed by atoms with Crippen LogP contribution in [0.2, 0.25) is 0 Å². The maximum absolute atomic E-state index is 7.10. The molecule has 0 amide bonds. The Morgan fingerprint density at radius 1 is 0.424 bits per heavy atom. The molecule has 0 fully saturated rings. The Bertz CT molecular complexity index is 3280. The number of hydrogen-bond acceptors (Lipinski definition) is 4. The van der Waals surface area contributed by atoms with Gasteiger partial charge in [0.05, 0.1) is 33.9 Å². The molecule has 10 aromatic rings. The molecule has 1 spiro atoms. The second kappa shape index (κ2) is 12.1. The molecule has 0 unspecified atom stereocenters. The van der Waals surface area contributed by atoms with Crippen LogP contribution in [0.15, 0.2) is 211 Å². The number of anilines is 6. The van der Waals surface area contributed by atoms with Crippen LogP contribution in [0.5, 0.6) is 11.5 Å². The molecule has 0 radical (unpaired) electrons. The second-order valence-electron chi connectivity index (χ2n) is 15.6. The molecule has 4 nitrogen and oxygen atoms in total. The van der Waals surface area contributed by atoms with Crippen LogP contribution in [0.1, 0.15) is 22.3 Å². The third kappa shape index (κ3) is 4.37. The number of benzene rings is 9. The van der Waals surface area contributed by atoms with Crippen LogP contribution in [0.3, 0.4) is 0 Å². The topological polar surface area (TPSA) is 28.9 Å². The van der Waals surface area contributed by atoms with Crippen molar-refractivity contribution in [1.29, 1.82) is 0 Å². The van der Waals surface area contributed by atoms with Crippen LogP contribution in [-0.2, 0) is 5.41 Å². The highest BCUT2D eigenvalue weighted by Crippen LogP contribution is 2.67. The summed E-state index contributed by atoms with van der Waals surface area (Å²) in [7, 11) is 0. The van der Waals surface area contributed by atoms with E-state index in [-0.39, 0.29) is 0 Å². The zero-order valence-corrected chi connectivity index (χ0v) is 31.8. The van der Waals surface area contributed by atoms with E-state index in [4.69, 9.17) is 9.15 Å². The summed E-state index contributed by atoms with van der Waals surface area (Å²) in [6.45, 7) is 0. The van der Waals surface area contributed by atoms with Crippen LogP contribution < -0.4 is 14.5 Å². The summed E-state index contributed by atoms with van der Waals surface area (Å²) in [5, 5.41) is 2.17. The summed E-state index contributed by atoms with van der Waals surface area (Å²) < 4.78 is 13.8. The van der Waals surface area contributed by atoms with Crippen molar-refractivity contribution in [2.45, 2.75) is 5.41 Å². The Hall–Kier alpha value is -7.82. The van der Waals surface area contributed by atoms with Gasteiger partial charge in [-0.25, -0.2) is 0 Å². The first kappa shape index (κ1) is 32.3. The van der Waals surface area contributed by atoms with Crippen LogP contribution in [-0.4, -0.2) is 0 Å². The van der Waals surface area contributed by atoms with Crippen molar-refractivity contribution >= 4 is 56.1 Å². The van der Waals surface area contributed by atoms with Crippen LogP contribution in [0.4, 0.5) is 34.1 Å². The Balaban J connectivity index is 1.01. The van der Waals surface area contributed by atoms with E-state index in [2.05, 4.69) is 204 Å². The Morgan fingerprint density at radius 2 is 1.05 bits per heavy atom. The fourth-order valence-corrected chi connectivity index (χ4v) is 10.3. The van der Waals surface area contributed by atoms with Gasteiger partial charge in [0, 0.05) is 22.5 Å². The predicted octanol–water partition coefficient (Wildman–Crippen LogP) is 15.0. The number of hydrogen-bond donors (Lipinski definition) is 0. The zero-order valence-electron chi connectivity index (χ0n) is 31.8. The minimum absolute atomic E-state index is 0.500. The molecule has 3 aliphatic rings. The average molecular weight is 755 g/mol. The van der Waals surface area contributed by atoms with E-state index in [1.54, 1.807) is 0 Å². The van der Waals surface area contributed by atoms with Crippen molar-refractivity contribution in [2.75, 3.05) is 9.80 Å². The van der Waals surface area contributed by atoms with E-state index in [1.807, 2.05) is 12.1 Å². The molecule has 3 heterocycles. The van der Waals surface area contributed by atoms with Crippen LogP contribution in [0, 0.1) is 0 Å². The zero-order chi connectivity index (χ0) is 38.7. The summed E-state index contributed by atoms with van der Waals surface area (Å²) in [6.07, 6.45) is 0. The molecule has 276 valence electrons. The largest absolute Gasteiger partial charge is 0.454 e. The normalized spacial score (nSPS) is 13.7. The molecular weight excluding hydrogens is 721 g/mol. The van der Waals surface area contributed by atoms with Gasteiger partial charge < -0.3 is 19.0 Å². The first-order valence-corrected chi connectivity index (χ1v) is 20.2. The number of para-hydroxylation sites is 4. The maximum Gasteiger partial charge on any atom is 0.159 e. The summed E-state index contributed by atoms with van der Waals surface area (Å²) in [4.78, 5) is 4.72. The van der Waals surface area contributed by atoms with Crippen LogP contribution in [0.25, 0.3) is 44.2 Å². The van der Waals surface area contributed by atoms with E-state index in [1.165, 1.54) is 38.9 Å². The average Bonchev–Trinajstić information content (AvgIpc) is 3.83. The summed E-state index contributed by atoms with van der Waals surface area (Å²) in [5.74, 6) is 1.62. The third-order valence-corrected chi connectivity index (χ3v) is 12.6. The van der Waals surface area contributed by atoms with Crippen molar-refractivity contribution in [3.63, 3.8) is 0 Å². The van der Waals surface area contributed by atoms with Gasteiger partial charge in [-0.05, 0) is 93.0 Å². The Kier molecular flexibility index (Phi) is 6.62. The lowest BCUT2D eigenvalue weighted by Crippen LogP contribution is -2.37. The fourth-order valence-electron chi connectivity index (χ4n) is 10.3. The Morgan fingerprint density at radius 3 is 1.86 bits per heavy atom. The van der Waals surface area contributed by atoms with Gasteiger partial charge in [0.15, 0.2) is 17.1 Å². The lowest BCUT2D eigenvalue weighted by Gasteiger charge is -2.47. The third-order valence-electron chi connectivity index (χ3n) is 12.6. The van der Waals surface area contributed by atoms with Crippen molar-refractivity contribution in [3.8, 4) is 33.8 Å². The molecule has 1 aliphatic carbocycles. The van der Waals surface area contributed by atoms with Crippen molar-refractivity contribution in [1.82, 2.24) is 0 Å². The number of nitrogens with zero attached hydrogens (tertiary/aromatic N) is 2. The molecule has 1 aromatic heterocycles. The van der Waals surface area contributed by atoms with Gasteiger partial charge in [-0.3, -0.25) is 0 Å². The molecule has 2 aliphatic heterocycles. The molecule has 0 saturated heterocycles. The minimum atomic E-state index is -0.500. The van der Waals surface area contributed by atoms with E-state index in [9.17, 15) is 0 Å². The number of fused-ring (bicyclic) bond motifs is 14. The van der Waals surface area contributed by atoms with E-state index >= 15 is 0 Å². The van der Waals surface area contributed by atoms with E-state index in [0.29, 0.717) is 0 Å². The van der Waals surface area contributed by atoms with Crippen molar-refractivity contribution in [3.05, 3.63) is 229 Å². The van der Waals surface area contributed by atoms with E-state index < -0.39 is 5.41 Å². The quantitative estimate of drug-likeness (QED) is 0.179. The molecular formula is C55H34N2O2. The molecule has 59 heavy (non-hydrogen) atoms. The first-order chi connectivity index (χ1) is 29.3. The number of furan rings is 1. The van der Waals surface area contributed by atoms with Gasteiger partial charge in [0.2, 0.25) is 0 Å². The summed E-state index contributed by atoms with van der Waals surface area (Å²) in [5.41, 5.74) is 17.3. The SMILES string of the molecule is c1ccc(-c2ccc(N(c3ccc4c(c3)Oc3cccc5c3N4c3ccccc3C53c4ccccc4-c4ccccc43)c3cccc4c3oc3ccccc34)cc2)cc1. The molecule has 13 rings (SSSR count). The van der Waals surface area contributed by atoms with E-state index in [0.717, 1.165) is 73.1 Å². The lowest BCUT2D eigenvalue weighted by atomic mass is 9.64. The van der Waals surface area contributed by atoms with Gasteiger partial charge in [0.1, 0.15) is 5.58 Å². The minimum Gasteiger partial charge on any atom is -0.454 e. The maximum atomic E-state index is 7.10. The highest BCUT2D eigenvalue weighted by Gasteiger charge is 2.53. The predicted molar refractivity (Wildman–Crippen MR) is 239 cm³/mol. The molecule has 9 aromatic carbocycles. The first-order valence-electron chi connectivity index (χ1n) is 20.2. The molecule has 0 saturated carbocycles. The van der Waals surface area contributed by atoms with Crippen molar-refractivity contribution < 1.29 is 9.15 Å². The smallest absolute Gasteiger partial charge is 0.159 e. The molecule has 0 bridgehead atoms. The summed E-state index contributed by atoms with van der Waals surface area (Å²) in [6, 6.07) is 74.0. The van der Waals surface area contributed by atoms with Gasteiger partial charge in [-0.15, -0.1) is 0 Å². The van der Waals surface area contributed by atoms with Crippen LogP contribution >= 0.6 is 0 Å². The second-order valence-corrected chi connectivity index (χ2v) is 15.6. The standard InChI is InChI=1S/C55H34N2O2/c1-2-14-35(15-3-1)36-28-30-37(31-29-36)56(49-25-12-19-42-41-18-6-11-26-50(41)59-54(42)49)38-32-33-48-52(34-38)58-51-27-13-23-46-53(51)57(48)47-24-10-9-22-45(47)55(46)43-20-7-4-16-39(43)40-17-5-8-21-44(40)55/h1-34H. The van der Waals surface area contributed by atoms with Gasteiger partial charge in [0.25, 0.3) is 0 Å². The number of ether oxygens (including phenoxy) is 1. The lowest BCUT2D eigenvalue weighted by molar-refractivity contribution is 0.474. The molecule has 4 heteroatoms. The highest BCUT2D eigenvalue weighted by atomic mass is 16.5. The van der Waals surface area contributed by atoms with Gasteiger partial charge in [-0.1, -0.05) is 152 Å². The Labute approximate surface area is 341 Å². The monoisotopic (exact) mass is 754 g/mol.